The molecule has 0 radical (unpaired) electrons. The van der Waals surface area contributed by atoms with Crippen LogP contribution in [0.5, 0.6) is 0 Å². The Hall–Kier alpha value is -3.45. The molecule has 138 valence electrons. The van der Waals surface area contributed by atoms with E-state index in [-0.39, 0.29) is 5.91 Å². The van der Waals surface area contributed by atoms with Crippen molar-refractivity contribution in [3.63, 3.8) is 0 Å². The number of amides is 1. The molecule has 1 aromatic heterocycles. The van der Waals surface area contributed by atoms with E-state index >= 15 is 0 Å². The van der Waals surface area contributed by atoms with E-state index in [1.807, 2.05) is 84.9 Å². The van der Waals surface area contributed by atoms with Crippen LogP contribution in [0.3, 0.4) is 0 Å². The van der Waals surface area contributed by atoms with E-state index in [0.29, 0.717) is 11.3 Å². The minimum absolute atomic E-state index is 0.142. The van der Waals surface area contributed by atoms with Crippen LogP contribution in [0.15, 0.2) is 89.8 Å². The summed E-state index contributed by atoms with van der Waals surface area (Å²) < 4.78 is 1.71. The molecular formula is C21H17N5OS. The smallest absolute Gasteiger partial charge is 0.256 e. The Labute approximate surface area is 166 Å². The van der Waals surface area contributed by atoms with Crippen LogP contribution in [0.2, 0.25) is 0 Å². The van der Waals surface area contributed by atoms with Crippen LogP contribution in [0.4, 0.5) is 5.69 Å². The first-order valence-electron chi connectivity index (χ1n) is 8.72. The monoisotopic (exact) mass is 387 g/mol. The van der Waals surface area contributed by atoms with Gasteiger partial charge in [-0.05, 0) is 46.8 Å². The van der Waals surface area contributed by atoms with E-state index < -0.39 is 0 Å². The van der Waals surface area contributed by atoms with Crippen molar-refractivity contribution in [1.82, 2.24) is 20.2 Å². The summed E-state index contributed by atoms with van der Waals surface area (Å²) in [7, 11) is 0. The predicted molar refractivity (Wildman–Crippen MR) is 110 cm³/mol. The van der Waals surface area contributed by atoms with Gasteiger partial charge in [-0.1, -0.05) is 48.5 Å². The molecule has 6 nitrogen and oxygen atoms in total. The van der Waals surface area contributed by atoms with E-state index in [1.54, 1.807) is 4.68 Å². The second-order valence-electron chi connectivity index (χ2n) is 5.95. The number of rotatable bonds is 6. The van der Waals surface area contributed by atoms with Gasteiger partial charge in [-0.2, -0.15) is 4.68 Å². The number of tetrazole rings is 1. The fourth-order valence-corrected chi connectivity index (χ4v) is 3.66. The number of benzene rings is 3. The lowest BCUT2D eigenvalue weighted by molar-refractivity contribution is 0.102. The van der Waals surface area contributed by atoms with Gasteiger partial charge in [0.2, 0.25) is 0 Å². The zero-order chi connectivity index (χ0) is 19.2. The fourth-order valence-electron chi connectivity index (χ4n) is 2.71. The maximum absolute atomic E-state index is 12.7. The Morgan fingerprint density at radius 2 is 1.57 bits per heavy atom. The van der Waals surface area contributed by atoms with E-state index in [9.17, 15) is 4.79 Å². The van der Waals surface area contributed by atoms with Crippen molar-refractivity contribution in [2.45, 2.75) is 10.6 Å². The first kappa shape index (κ1) is 17.9. The second-order valence-corrected chi connectivity index (χ2v) is 6.96. The summed E-state index contributed by atoms with van der Waals surface area (Å²) in [4.78, 5) is 13.6. The molecule has 0 atom stereocenters. The van der Waals surface area contributed by atoms with Crippen LogP contribution in [0.1, 0.15) is 16.2 Å². The summed E-state index contributed by atoms with van der Waals surface area (Å²) in [5.41, 5.74) is 2.29. The van der Waals surface area contributed by atoms with Crippen LogP contribution < -0.4 is 5.32 Å². The van der Waals surface area contributed by atoms with Gasteiger partial charge < -0.3 is 5.32 Å². The van der Waals surface area contributed by atoms with Crippen molar-refractivity contribution in [3.8, 4) is 5.69 Å². The molecule has 3 aromatic carbocycles. The molecule has 0 aliphatic heterocycles. The largest absolute Gasteiger partial charge is 0.322 e. The summed E-state index contributed by atoms with van der Waals surface area (Å²) in [6.45, 7) is 0. The third-order valence-electron chi connectivity index (χ3n) is 4.05. The maximum atomic E-state index is 12.7. The standard InChI is InChI=1S/C21H17N5OS/c27-21(22-16-9-3-1-4-10-16)18-13-7-8-14-19(18)28-15-20-23-24-25-26(20)17-11-5-2-6-12-17/h1-14H,15H2,(H,22,27). The van der Waals surface area contributed by atoms with Gasteiger partial charge in [-0.15, -0.1) is 16.9 Å². The molecular weight excluding hydrogens is 370 g/mol. The molecule has 0 aliphatic rings. The zero-order valence-electron chi connectivity index (χ0n) is 14.9. The van der Waals surface area contributed by atoms with Crippen molar-refractivity contribution in [1.29, 1.82) is 0 Å². The molecule has 4 aromatic rings. The Morgan fingerprint density at radius 1 is 0.893 bits per heavy atom. The summed E-state index contributed by atoms with van der Waals surface area (Å²) in [6.07, 6.45) is 0. The van der Waals surface area contributed by atoms with Crippen LogP contribution in [-0.2, 0) is 5.75 Å². The number of carbonyl (C=O) groups is 1. The molecule has 0 unspecified atom stereocenters. The topological polar surface area (TPSA) is 72.7 Å². The molecule has 1 heterocycles. The number of carbonyl (C=O) groups excluding carboxylic acids is 1. The zero-order valence-corrected chi connectivity index (χ0v) is 15.7. The fraction of sp³-hybridized carbons (Fsp3) is 0.0476. The normalized spacial score (nSPS) is 10.6. The number of nitrogens with one attached hydrogen (secondary N) is 1. The van der Waals surface area contributed by atoms with Gasteiger partial charge in [0.25, 0.3) is 5.91 Å². The van der Waals surface area contributed by atoms with Gasteiger partial charge in [0.1, 0.15) is 0 Å². The van der Waals surface area contributed by atoms with Crippen LogP contribution in [-0.4, -0.2) is 26.1 Å². The highest BCUT2D eigenvalue weighted by atomic mass is 32.2. The third-order valence-corrected chi connectivity index (χ3v) is 5.12. The highest BCUT2D eigenvalue weighted by molar-refractivity contribution is 7.98. The molecule has 0 spiro atoms. The van der Waals surface area contributed by atoms with Gasteiger partial charge in [-0.3, -0.25) is 4.79 Å². The highest BCUT2D eigenvalue weighted by Crippen LogP contribution is 2.27. The predicted octanol–water partition coefficient (Wildman–Crippen LogP) is 4.21. The SMILES string of the molecule is O=C(Nc1ccccc1)c1ccccc1SCc1nnnn1-c1ccccc1. The maximum Gasteiger partial charge on any atom is 0.256 e. The summed E-state index contributed by atoms with van der Waals surface area (Å²) >= 11 is 1.53. The molecule has 1 amide bonds. The number of para-hydroxylation sites is 2. The minimum atomic E-state index is -0.142. The van der Waals surface area contributed by atoms with E-state index in [1.165, 1.54) is 11.8 Å². The highest BCUT2D eigenvalue weighted by Gasteiger charge is 2.14. The molecule has 0 saturated heterocycles. The first-order valence-corrected chi connectivity index (χ1v) is 9.71. The Morgan fingerprint density at radius 3 is 2.36 bits per heavy atom. The number of hydrogen-bond donors (Lipinski definition) is 1. The Bertz CT molecular complexity index is 1070. The lowest BCUT2D eigenvalue weighted by Gasteiger charge is -2.10. The van der Waals surface area contributed by atoms with Crippen molar-refractivity contribution >= 4 is 23.4 Å². The average Bonchev–Trinajstić information content (AvgIpc) is 3.22. The number of anilines is 1. The molecule has 28 heavy (non-hydrogen) atoms. The van der Waals surface area contributed by atoms with E-state index in [4.69, 9.17) is 0 Å². The minimum Gasteiger partial charge on any atom is -0.322 e. The van der Waals surface area contributed by atoms with Gasteiger partial charge in [0.05, 0.1) is 17.0 Å². The average molecular weight is 387 g/mol. The van der Waals surface area contributed by atoms with Gasteiger partial charge in [0.15, 0.2) is 5.82 Å². The Kier molecular flexibility index (Phi) is 5.44. The van der Waals surface area contributed by atoms with E-state index in [2.05, 4.69) is 20.8 Å². The van der Waals surface area contributed by atoms with Crippen molar-refractivity contribution < 1.29 is 4.79 Å². The van der Waals surface area contributed by atoms with Crippen LogP contribution >= 0.6 is 11.8 Å². The van der Waals surface area contributed by atoms with Crippen LogP contribution in [0, 0.1) is 0 Å². The van der Waals surface area contributed by atoms with Gasteiger partial charge in [0, 0.05) is 10.6 Å². The Balaban J connectivity index is 1.51. The summed E-state index contributed by atoms with van der Waals surface area (Å²) in [5.74, 6) is 1.11. The van der Waals surface area contributed by atoms with Crippen LogP contribution in [0.25, 0.3) is 5.69 Å². The molecule has 7 heteroatoms. The molecule has 0 bridgehead atoms. The van der Waals surface area contributed by atoms with Gasteiger partial charge in [-0.25, -0.2) is 0 Å². The summed E-state index contributed by atoms with van der Waals surface area (Å²) in [6, 6.07) is 26.7. The van der Waals surface area contributed by atoms with Crippen molar-refractivity contribution in [2.75, 3.05) is 5.32 Å². The quantitative estimate of drug-likeness (QED) is 0.502. The van der Waals surface area contributed by atoms with Gasteiger partial charge >= 0.3 is 0 Å². The second kappa shape index (κ2) is 8.49. The molecule has 0 fully saturated rings. The lowest BCUT2D eigenvalue weighted by Crippen LogP contribution is -2.13. The molecule has 1 N–H and O–H groups in total. The molecule has 0 aliphatic carbocycles. The summed E-state index contributed by atoms with van der Waals surface area (Å²) in [5, 5.41) is 14.9. The van der Waals surface area contributed by atoms with E-state index in [0.717, 1.165) is 22.1 Å². The third kappa shape index (κ3) is 4.10. The lowest BCUT2D eigenvalue weighted by atomic mass is 10.2. The first-order chi connectivity index (χ1) is 13.8. The molecule has 4 rings (SSSR count). The number of aromatic nitrogens is 4. The van der Waals surface area contributed by atoms with Crippen molar-refractivity contribution in [3.05, 3.63) is 96.3 Å². The number of nitrogens with zero attached hydrogens (tertiary/aromatic N) is 4. The molecule has 0 saturated carbocycles. The number of hydrogen-bond acceptors (Lipinski definition) is 5. The van der Waals surface area contributed by atoms with Crippen molar-refractivity contribution in [2.24, 2.45) is 0 Å². The number of thioether (sulfide) groups is 1.